The average molecular weight is 346 g/mol. The van der Waals surface area contributed by atoms with Crippen LogP contribution in [-0.2, 0) is 9.47 Å². The van der Waals surface area contributed by atoms with Crippen LogP contribution in [0.25, 0.3) is 33.8 Å². The minimum absolute atomic E-state index is 0.595. The SMILES string of the molecule is C=C(OCC)c1ccc(-c2ncc3cc(C(=C)OCC)ccc3n2)cc1. The number of hydrogen-bond acceptors (Lipinski definition) is 4. The van der Waals surface area contributed by atoms with Crippen LogP contribution in [0.3, 0.4) is 0 Å². The summed E-state index contributed by atoms with van der Waals surface area (Å²) < 4.78 is 10.9. The molecule has 0 N–H and O–H groups in total. The van der Waals surface area contributed by atoms with Crippen molar-refractivity contribution in [1.29, 1.82) is 0 Å². The van der Waals surface area contributed by atoms with E-state index in [-0.39, 0.29) is 0 Å². The van der Waals surface area contributed by atoms with Gasteiger partial charge in [-0.1, -0.05) is 37.4 Å². The molecule has 0 bridgehead atoms. The van der Waals surface area contributed by atoms with Gasteiger partial charge in [0.2, 0.25) is 0 Å². The zero-order valence-corrected chi connectivity index (χ0v) is 15.2. The van der Waals surface area contributed by atoms with Crippen LogP contribution in [0.1, 0.15) is 25.0 Å². The fourth-order valence-electron chi connectivity index (χ4n) is 2.67. The Morgan fingerprint density at radius 2 is 1.50 bits per heavy atom. The maximum atomic E-state index is 5.47. The predicted octanol–water partition coefficient (Wildman–Crippen LogP) is 5.31. The molecular weight excluding hydrogens is 324 g/mol. The lowest BCUT2D eigenvalue weighted by Crippen LogP contribution is -1.94. The van der Waals surface area contributed by atoms with Gasteiger partial charge in [0.1, 0.15) is 11.5 Å². The second-order valence-electron chi connectivity index (χ2n) is 5.76. The summed E-state index contributed by atoms with van der Waals surface area (Å²) in [7, 11) is 0. The van der Waals surface area contributed by atoms with Gasteiger partial charge in [-0.25, -0.2) is 9.97 Å². The van der Waals surface area contributed by atoms with E-state index in [0.29, 0.717) is 30.6 Å². The average Bonchev–Trinajstić information content (AvgIpc) is 2.67. The third-order valence-corrected chi connectivity index (χ3v) is 4.00. The lowest BCUT2D eigenvalue weighted by atomic mass is 10.1. The molecule has 0 saturated carbocycles. The first-order valence-corrected chi connectivity index (χ1v) is 8.63. The third-order valence-electron chi connectivity index (χ3n) is 4.00. The monoisotopic (exact) mass is 346 g/mol. The smallest absolute Gasteiger partial charge is 0.159 e. The molecule has 4 nitrogen and oxygen atoms in total. The van der Waals surface area contributed by atoms with Crippen molar-refractivity contribution in [3.8, 4) is 11.4 Å². The summed E-state index contributed by atoms with van der Waals surface area (Å²) >= 11 is 0. The zero-order valence-electron chi connectivity index (χ0n) is 15.2. The van der Waals surface area contributed by atoms with Gasteiger partial charge >= 0.3 is 0 Å². The lowest BCUT2D eigenvalue weighted by molar-refractivity contribution is 0.299. The highest BCUT2D eigenvalue weighted by atomic mass is 16.5. The third kappa shape index (κ3) is 3.75. The van der Waals surface area contributed by atoms with Gasteiger partial charge in [-0.2, -0.15) is 0 Å². The topological polar surface area (TPSA) is 44.2 Å². The summed E-state index contributed by atoms with van der Waals surface area (Å²) in [6.45, 7) is 12.9. The van der Waals surface area contributed by atoms with Crippen molar-refractivity contribution in [3.63, 3.8) is 0 Å². The van der Waals surface area contributed by atoms with Crippen LogP contribution in [-0.4, -0.2) is 23.2 Å². The van der Waals surface area contributed by atoms with E-state index in [0.717, 1.165) is 27.6 Å². The van der Waals surface area contributed by atoms with Gasteiger partial charge < -0.3 is 9.47 Å². The normalized spacial score (nSPS) is 10.5. The molecule has 2 aromatic carbocycles. The molecule has 132 valence electrons. The quantitative estimate of drug-likeness (QED) is 0.544. The Kier molecular flexibility index (Phi) is 5.32. The van der Waals surface area contributed by atoms with E-state index in [1.807, 2.05) is 62.5 Å². The molecule has 0 saturated heterocycles. The fourth-order valence-corrected chi connectivity index (χ4v) is 2.67. The number of fused-ring (bicyclic) bond motifs is 1. The van der Waals surface area contributed by atoms with Crippen LogP contribution in [0.15, 0.2) is 61.8 Å². The number of aromatic nitrogens is 2. The van der Waals surface area contributed by atoms with Crippen molar-refractivity contribution in [3.05, 3.63) is 72.9 Å². The van der Waals surface area contributed by atoms with E-state index in [1.165, 1.54) is 0 Å². The minimum atomic E-state index is 0.595. The first kappa shape index (κ1) is 17.7. The highest BCUT2D eigenvalue weighted by Gasteiger charge is 2.07. The number of hydrogen-bond donors (Lipinski definition) is 0. The first-order chi connectivity index (χ1) is 12.6. The Morgan fingerprint density at radius 1 is 0.885 bits per heavy atom. The molecule has 3 aromatic rings. The molecule has 0 aliphatic heterocycles. The molecule has 0 spiro atoms. The van der Waals surface area contributed by atoms with Crippen LogP contribution in [0, 0.1) is 0 Å². The van der Waals surface area contributed by atoms with Crippen LogP contribution in [0.4, 0.5) is 0 Å². The fraction of sp³-hybridized carbons (Fsp3) is 0.182. The van der Waals surface area contributed by atoms with Crippen molar-refractivity contribution in [1.82, 2.24) is 9.97 Å². The molecule has 0 fully saturated rings. The van der Waals surface area contributed by atoms with Crippen LogP contribution < -0.4 is 0 Å². The Balaban J connectivity index is 1.88. The molecular formula is C22H22N2O2. The summed E-state index contributed by atoms with van der Waals surface area (Å²) in [5.41, 5.74) is 3.72. The zero-order chi connectivity index (χ0) is 18.5. The molecule has 0 radical (unpaired) electrons. The maximum Gasteiger partial charge on any atom is 0.159 e. The van der Waals surface area contributed by atoms with Gasteiger partial charge in [-0.3, -0.25) is 0 Å². The molecule has 0 aliphatic rings. The molecule has 0 unspecified atom stereocenters. The molecule has 1 aromatic heterocycles. The van der Waals surface area contributed by atoms with Gasteiger partial charge in [-0.15, -0.1) is 0 Å². The van der Waals surface area contributed by atoms with Gasteiger partial charge in [0.25, 0.3) is 0 Å². The van der Waals surface area contributed by atoms with Crippen molar-refractivity contribution in [2.45, 2.75) is 13.8 Å². The molecule has 0 amide bonds. The summed E-state index contributed by atoms with van der Waals surface area (Å²) in [4.78, 5) is 9.17. The Hall–Kier alpha value is -3.14. The Bertz CT molecular complexity index is 946. The van der Waals surface area contributed by atoms with E-state index in [2.05, 4.69) is 23.1 Å². The van der Waals surface area contributed by atoms with E-state index in [4.69, 9.17) is 9.47 Å². The number of rotatable bonds is 7. The molecule has 1 heterocycles. The minimum Gasteiger partial charge on any atom is -0.494 e. The van der Waals surface area contributed by atoms with Crippen LogP contribution in [0.5, 0.6) is 0 Å². The van der Waals surface area contributed by atoms with E-state index in [9.17, 15) is 0 Å². The van der Waals surface area contributed by atoms with Gasteiger partial charge in [0.15, 0.2) is 5.82 Å². The van der Waals surface area contributed by atoms with Crippen molar-refractivity contribution in [2.24, 2.45) is 0 Å². The number of nitrogens with zero attached hydrogens (tertiary/aromatic N) is 2. The summed E-state index contributed by atoms with van der Waals surface area (Å²) in [6.07, 6.45) is 1.83. The standard InChI is InChI=1S/C22H22N2O2/c1-5-25-15(3)17-7-9-18(10-8-17)22-23-14-20-13-19(16(4)26-6-2)11-12-21(20)24-22/h7-14H,3-6H2,1-2H3. The van der Waals surface area contributed by atoms with Gasteiger partial charge in [-0.05, 0) is 32.0 Å². The highest BCUT2D eigenvalue weighted by Crippen LogP contribution is 2.24. The van der Waals surface area contributed by atoms with E-state index in [1.54, 1.807) is 0 Å². The second kappa shape index (κ2) is 7.83. The molecule has 0 aliphatic carbocycles. The number of ether oxygens (including phenoxy) is 2. The Morgan fingerprint density at radius 3 is 2.15 bits per heavy atom. The molecule has 3 rings (SSSR count). The van der Waals surface area contributed by atoms with Crippen LogP contribution >= 0.6 is 0 Å². The van der Waals surface area contributed by atoms with Crippen molar-refractivity contribution < 1.29 is 9.47 Å². The van der Waals surface area contributed by atoms with E-state index >= 15 is 0 Å². The molecule has 4 heteroatoms. The van der Waals surface area contributed by atoms with Crippen molar-refractivity contribution in [2.75, 3.05) is 13.2 Å². The highest BCUT2D eigenvalue weighted by molar-refractivity contribution is 5.83. The maximum absolute atomic E-state index is 5.47. The number of benzene rings is 2. The first-order valence-electron chi connectivity index (χ1n) is 8.63. The second-order valence-corrected chi connectivity index (χ2v) is 5.76. The van der Waals surface area contributed by atoms with Crippen molar-refractivity contribution >= 4 is 22.4 Å². The summed E-state index contributed by atoms with van der Waals surface area (Å²) in [5.74, 6) is 2.01. The van der Waals surface area contributed by atoms with Crippen LogP contribution in [0.2, 0.25) is 0 Å². The van der Waals surface area contributed by atoms with Gasteiger partial charge in [0.05, 0.1) is 18.7 Å². The van der Waals surface area contributed by atoms with Gasteiger partial charge in [0, 0.05) is 28.3 Å². The molecule has 0 atom stereocenters. The largest absolute Gasteiger partial charge is 0.494 e. The Labute approximate surface area is 153 Å². The summed E-state index contributed by atoms with van der Waals surface area (Å²) in [5, 5.41) is 0.952. The predicted molar refractivity (Wildman–Crippen MR) is 106 cm³/mol. The lowest BCUT2D eigenvalue weighted by Gasteiger charge is -2.09. The summed E-state index contributed by atoms with van der Waals surface area (Å²) in [6, 6.07) is 13.8. The van der Waals surface area contributed by atoms with E-state index < -0.39 is 0 Å². The molecule has 26 heavy (non-hydrogen) atoms.